The first kappa shape index (κ1) is 10.5. The second kappa shape index (κ2) is 3.30. The van der Waals surface area contributed by atoms with Crippen LogP contribution in [0.3, 0.4) is 0 Å². The van der Waals surface area contributed by atoms with Crippen LogP contribution < -0.4 is 0 Å². The predicted octanol–water partition coefficient (Wildman–Crippen LogP) is -0.845. The van der Waals surface area contributed by atoms with E-state index in [1.807, 2.05) is 0 Å². The molecule has 1 aliphatic heterocycles. The quantitative estimate of drug-likeness (QED) is 0.355. The fourth-order valence-corrected chi connectivity index (χ4v) is 1.47. The van der Waals surface area contributed by atoms with Crippen LogP contribution in [0, 0.1) is 11.8 Å². The lowest BCUT2D eigenvalue weighted by atomic mass is 9.89. The van der Waals surface area contributed by atoms with Gasteiger partial charge >= 0.3 is 0 Å². The van der Waals surface area contributed by atoms with Gasteiger partial charge in [0.05, 0.1) is 0 Å². The van der Waals surface area contributed by atoms with Gasteiger partial charge in [0.25, 0.3) is 11.8 Å². The lowest BCUT2D eigenvalue weighted by molar-refractivity contribution is -0.173. The Morgan fingerprint density at radius 1 is 1.07 bits per heavy atom. The summed E-state index contributed by atoms with van der Waals surface area (Å²) in [5.41, 5.74) is 0. The number of hydroxylamine groups is 2. The van der Waals surface area contributed by atoms with Gasteiger partial charge in [0.1, 0.15) is 23.4 Å². The molecule has 6 heteroatoms. The van der Waals surface area contributed by atoms with Crippen molar-refractivity contribution in [3.8, 4) is 0 Å². The lowest BCUT2D eigenvalue weighted by Gasteiger charge is -2.06. The zero-order valence-electron chi connectivity index (χ0n) is 7.68. The maximum Gasteiger partial charge on any atom is 0.265 e. The van der Waals surface area contributed by atoms with Crippen LogP contribution in [0.5, 0.6) is 0 Å². The molecule has 1 saturated heterocycles. The largest absolute Gasteiger partial charge is 0.299 e. The smallest absolute Gasteiger partial charge is 0.265 e. The first-order chi connectivity index (χ1) is 6.37. The molecule has 1 heterocycles. The first-order valence-electron chi connectivity index (χ1n) is 3.95. The molecular formula is C8H9NO5. The third-order valence-corrected chi connectivity index (χ3v) is 2.16. The van der Waals surface area contributed by atoms with E-state index in [-0.39, 0.29) is 5.06 Å². The van der Waals surface area contributed by atoms with E-state index < -0.39 is 35.2 Å². The highest BCUT2D eigenvalue weighted by Gasteiger charge is 2.52. The number of amides is 2. The molecule has 1 N–H and O–H groups in total. The minimum absolute atomic E-state index is 0.155. The second-order valence-electron chi connectivity index (χ2n) is 3.16. The maximum atomic E-state index is 11.2. The molecule has 14 heavy (non-hydrogen) atoms. The molecule has 2 unspecified atom stereocenters. The summed E-state index contributed by atoms with van der Waals surface area (Å²) in [6.07, 6.45) is 0. The van der Waals surface area contributed by atoms with Gasteiger partial charge in [-0.1, -0.05) is 0 Å². The van der Waals surface area contributed by atoms with E-state index >= 15 is 0 Å². The molecule has 0 spiro atoms. The molecule has 0 aromatic carbocycles. The molecule has 1 fully saturated rings. The van der Waals surface area contributed by atoms with Gasteiger partial charge in [-0.05, 0) is 13.8 Å². The van der Waals surface area contributed by atoms with Crippen molar-refractivity contribution < 1.29 is 24.4 Å². The van der Waals surface area contributed by atoms with E-state index in [4.69, 9.17) is 5.21 Å². The van der Waals surface area contributed by atoms with E-state index in [9.17, 15) is 19.2 Å². The van der Waals surface area contributed by atoms with Crippen molar-refractivity contribution >= 4 is 23.4 Å². The summed E-state index contributed by atoms with van der Waals surface area (Å²) >= 11 is 0. The topological polar surface area (TPSA) is 91.8 Å². The Morgan fingerprint density at radius 2 is 1.36 bits per heavy atom. The number of hydrogen-bond donors (Lipinski definition) is 1. The summed E-state index contributed by atoms with van der Waals surface area (Å²) in [6.45, 7) is 2.20. The molecule has 1 aliphatic rings. The van der Waals surface area contributed by atoms with Crippen LogP contribution in [0.25, 0.3) is 0 Å². The normalized spacial score (nSPS) is 26.9. The summed E-state index contributed by atoms with van der Waals surface area (Å²) in [6, 6.07) is 0. The van der Waals surface area contributed by atoms with Gasteiger partial charge in [-0.15, -0.1) is 0 Å². The Balaban J connectivity index is 3.14. The molecule has 0 aromatic rings. The summed E-state index contributed by atoms with van der Waals surface area (Å²) < 4.78 is 0. The fourth-order valence-electron chi connectivity index (χ4n) is 1.47. The standard InChI is InChI=1S/C8H9NO5/c1-3(10)5-6(4(2)11)8(13)9(14)7(5)12/h5-6,14H,1-2H3. The van der Waals surface area contributed by atoms with E-state index in [1.54, 1.807) is 0 Å². The predicted molar refractivity (Wildman–Crippen MR) is 42.0 cm³/mol. The highest BCUT2D eigenvalue weighted by Crippen LogP contribution is 2.26. The van der Waals surface area contributed by atoms with Crippen LogP contribution in [0.2, 0.25) is 0 Å². The van der Waals surface area contributed by atoms with Crippen molar-refractivity contribution in [2.75, 3.05) is 0 Å². The number of ketones is 2. The lowest BCUT2D eigenvalue weighted by Crippen LogP contribution is -2.29. The van der Waals surface area contributed by atoms with E-state index in [0.29, 0.717) is 0 Å². The molecular weight excluding hydrogens is 190 g/mol. The molecule has 0 aromatic heterocycles. The Kier molecular flexibility index (Phi) is 2.48. The number of carbonyl (C=O) groups is 4. The van der Waals surface area contributed by atoms with Crippen molar-refractivity contribution in [1.82, 2.24) is 5.06 Å². The average Bonchev–Trinajstić information content (AvgIpc) is 2.29. The molecule has 0 bridgehead atoms. The molecule has 6 nitrogen and oxygen atoms in total. The summed E-state index contributed by atoms with van der Waals surface area (Å²) in [5.74, 6) is -5.96. The minimum Gasteiger partial charge on any atom is -0.299 e. The van der Waals surface area contributed by atoms with Crippen molar-refractivity contribution in [3.05, 3.63) is 0 Å². The Morgan fingerprint density at radius 3 is 1.57 bits per heavy atom. The van der Waals surface area contributed by atoms with Crippen molar-refractivity contribution in [3.63, 3.8) is 0 Å². The van der Waals surface area contributed by atoms with Crippen LogP contribution in [0.15, 0.2) is 0 Å². The molecule has 2 atom stereocenters. The molecule has 2 amide bonds. The Labute approximate surface area is 79.4 Å². The van der Waals surface area contributed by atoms with E-state index in [0.717, 1.165) is 13.8 Å². The van der Waals surface area contributed by atoms with Gasteiger partial charge < -0.3 is 0 Å². The fraction of sp³-hybridized carbons (Fsp3) is 0.500. The zero-order valence-corrected chi connectivity index (χ0v) is 7.68. The van der Waals surface area contributed by atoms with E-state index in [2.05, 4.69) is 0 Å². The zero-order chi connectivity index (χ0) is 11.0. The highest BCUT2D eigenvalue weighted by molar-refractivity contribution is 6.21. The van der Waals surface area contributed by atoms with Gasteiger partial charge in [0.15, 0.2) is 0 Å². The van der Waals surface area contributed by atoms with Crippen LogP contribution in [-0.2, 0) is 19.2 Å². The molecule has 76 valence electrons. The van der Waals surface area contributed by atoms with Gasteiger partial charge in [-0.25, -0.2) is 0 Å². The SMILES string of the molecule is CC(=O)C1C(=O)N(O)C(=O)C1C(C)=O. The summed E-state index contributed by atoms with van der Waals surface area (Å²) in [5, 5.41) is 8.78. The van der Waals surface area contributed by atoms with Gasteiger partial charge in [0, 0.05) is 0 Å². The van der Waals surface area contributed by atoms with Crippen LogP contribution >= 0.6 is 0 Å². The molecule has 1 rings (SSSR count). The van der Waals surface area contributed by atoms with Gasteiger partial charge in [0.2, 0.25) is 0 Å². The minimum atomic E-state index is -1.36. The Bertz CT molecular complexity index is 303. The van der Waals surface area contributed by atoms with Crippen molar-refractivity contribution in [1.29, 1.82) is 0 Å². The third-order valence-electron chi connectivity index (χ3n) is 2.16. The van der Waals surface area contributed by atoms with Crippen LogP contribution in [-0.4, -0.2) is 33.7 Å². The molecule has 0 aliphatic carbocycles. The maximum absolute atomic E-state index is 11.2. The van der Waals surface area contributed by atoms with Crippen molar-refractivity contribution in [2.24, 2.45) is 11.8 Å². The number of rotatable bonds is 2. The summed E-state index contributed by atoms with van der Waals surface area (Å²) in [4.78, 5) is 44.3. The molecule has 0 radical (unpaired) electrons. The van der Waals surface area contributed by atoms with Crippen LogP contribution in [0.1, 0.15) is 13.8 Å². The van der Waals surface area contributed by atoms with Crippen molar-refractivity contribution in [2.45, 2.75) is 13.8 Å². The average molecular weight is 199 g/mol. The summed E-state index contributed by atoms with van der Waals surface area (Å²) in [7, 11) is 0. The highest BCUT2D eigenvalue weighted by atomic mass is 16.5. The number of imide groups is 1. The van der Waals surface area contributed by atoms with E-state index in [1.165, 1.54) is 0 Å². The Hall–Kier alpha value is -1.56. The number of hydrogen-bond acceptors (Lipinski definition) is 5. The first-order valence-corrected chi connectivity index (χ1v) is 3.95. The third kappa shape index (κ3) is 1.33. The number of carbonyl (C=O) groups excluding carboxylic acids is 4. The molecule has 0 saturated carbocycles. The van der Waals surface area contributed by atoms with Gasteiger partial charge in [-0.3, -0.25) is 24.4 Å². The van der Waals surface area contributed by atoms with Gasteiger partial charge in [-0.2, -0.15) is 5.06 Å². The number of Topliss-reactive ketones (excluding diaryl/α,β-unsaturated/α-hetero) is 2. The van der Waals surface area contributed by atoms with Crippen LogP contribution in [0.4, 0.5) is 0 Å². The second-order valence-corrected chi connectivity index (χ2v) is 3.16. The number of nitrogens with zero attached hydrogens (tertiary/aromatic N) is 1. The monoisotopic (exact) mass is 199 g/mol.